The van der Waals surface area contributed by atoms with Gasteiger partial charge in [0.25, 0.3) is 0 Å². The van der Waals surface area contributed by atoms with E-state index in [0.29, 0.717) is 11.4 Å². The van der Waals surface area contributed by atoms with Crippen molar-refractivity contribution in [1.29, 1.82) is 5.41 Å². The predicted octanol–water partition coefficient (Wildman–Crippen LogP) is 1.93. The lowest BCUT2D eigenvalue weighted by Crippen LogP contribution is -2.16. The fourth-order valence-corrected chi connectivity index (χ4v) is 1.85. The molecule has 0 aliphatic heterocycles. The second kappa shape index (κ2) is 4.29. The Hall–Kier alpha value is -1.69. The molecule has 0 radical (unpaired) electrons. The summed E-state index contributed by atoms with van der Waals surface area (Å²) in [6.07, 6.45) is 1.66. The molecule has 17 heavy (non-hydrogen) atoms. The Kier molecular flexibility index (Phi) is 2.97. The van der Waals surface area contributed by atoms with Crippen LogP contribution >= 0.6 is 15.9 Å². The third kappa shape index (κ3) is 1.95. The van der Waals surface area contributed by atoms with Gasteiger partial charge in [0.1, 0.15) is 5.84 Å². The number of hydrogen-bond donors (Lipinski definition) is 2. The van der Waals surface area contributed by atoms with Crippen molar-refractivity contribution in [2.45, 2.75) is 13.8 Å². The molecule has 0 atom stereocenters. The maximum absolute atomic E-state index is 7.54. The minimum absolute atomic E-state index is 0.0169. The Labute approximate surface area is 107 Å². The van der Waals surface area contributed by atoms with Crippen molar-refractivity contribution < 1.29 is 0 Å². The van der Waals surface area contributed by atoms with Crippen molar-refractivity contribution in [2.24, 2.45) is 5.73 Å². The molecule has 2 heterocycles. The van der Waals surface area contributed by atoms with Gasteiger partial charge in [0.05, 0.1) is 21.4 Å². The monoisotopic (exact) mass is 293 g/mol. The van der Waals surface area contributed by atoms with Gasteiger partial charge in [0.15, 0.2) is 5.82 Å². The number of hydrogen-bond acceptors (Lipinski definition) is 3. The summed E-state index contributed by atoms with van der Waals surface area (Å²) in [5.74, 6) is 0.558. The topological polar surface area (TPSA) is 80.6 Å². The van der Waals surface area contributed by atoms with Crippen LogP contribution in [-0.4, -0.2) is 20.6 Å². The summed E-state index contributed by atoms with van der Waals surface area (Å²) in [6, 6.07) is 3.51. The minimum atomic E-state index is -0.0169. The van der Waals surface area contributed by atoms with Crippen molar-refractivity contribution in [3.8, 4) is 5.82 Å². The molecule has 0 spiro atoms. The maximum Gasteiger partial charge on any atom is 0.164 e. The fourth-order valence-electron chi connectivity index (χ4n) is 1.61. The number of pyridine rings is 1. The normalized spacial score (nSPS) is 10.5. The summed E-state index contributed by atoms with van der Waals surface area (Å²) in [7, 11) is 0. The van der Waals surface area contributed by atoms with Gasteiger partial charge in [-0.3, -0.25) is 5.41 Å². The lowest BCUT2D eigenvalue weighted by atomic mass is 10.2. The number of halogens is 1. The van der Waals surface area contributed by atoms with E-state index in [1.54, 1.807) is 23.0 Å². The Morgan fingerprint density at radius 3 is 2.71 bits per heavy atom. The summed E-state index contributed by atoms with van der Waals surface area (Å²) in [5, 5.41) is 11.9. The van der Waals surface area contributed by atoms with Crippen LogP contribution in [0.3, 0.4) is 0 Å². The lowest BCUT2D eigenvalue weighted by Gasteiger charge is -2.08. The molecule has 0 saturated carbocycles. The van der Waals surface area contributed by atoms with E-state index in [1.165, 1.54) is 0 Å². The first-order valence-corrected chi connectivity index (χ1v) is 5.83. The highest BCUT2D eigenvalue weighted by Crippen LogP contribution is 2.23. The molecule has 88 valence electrons. The third-order valence-electron chi connectivity index (χ3n) is 2.48. The van der Waals surface area contributed by atoms with Gasteiger partial charge in [-0.2, -0.15) is 5.10 Å². The van der Waals surface area contributed by atoms with E-state index in [1.807, 2.05) is 13.8 Å². The molecule has 0 aliphatic carbocycles. The van der Waals surface area contributed by atoms with Crippen LogP contribution in [0.25, 0.3) is 5.82 Å². The summed E-state index contributed by atoms with van der Waals surface area (Å²) in [4.78, 5) is 4.24. The SMILES string of the molecule is Cc1nn(-c2ncccc2C(=N)N)c(C)c1Br. The zero-order valence-electron chi connectivity index (χ0n) is 9.53. The molecule has 6 heteroatoms. The van der Waals surface area contributed by atoms with Gasteiger partial charge in [0, 0.05) is 6.20 Å². The molecular formula is C11H12BrN5. The highest BCUT2D eigenvalue weighted by Gasteiger charge is 2.15. The van der Waals surface area contributed by atoms with Gasteiger partial charge < -0.3 is 5.73 Å². The Morgan fingerprint density at radius 1 is 1.47 bits per heavy atom. The first-order chi connectivity index (χ1) is 8.02. The van der Waals surface area contributed by atoms with Crippen LogP contribution in [0.5, 0.6) is 0 Å². The van der Waals surface area contributed by atoms with Gasteiger partial charge in [-0.15, -0.1) is 0 Å². The maximum atomic E-state index is 7.54. The molecule has 0 amide bonds. The van der Waals surface area contributed by atoms with Crippen LogP contribution in [0.2, 0.25) is 0 Å². The van der Waals surface area contributed by atoms with E-state index < -0.39 is 0 Å². The highest BCUT2D eigenvalue weighted by molar-refractivity contribution is 9.10. The highest BCUT2D eigenvalue weighted by atomic mass is 79.9. The number of nitrogen functional groups attached to an aromatic ring is 1. The molecule has 2 rings (SSSR count). The van der Waals surface area contributed by atoms with Gasteiger partial charge in [-0.05, 0) is 41.9 Å². The fraction of sp³-hybridized carbons (Fsp3) is 0.182. The van der Waals surface area contributed by atoms with Gasteiger partial charge in [0.2, 0.25) is 0 Å². The Bertz CT molecular complexity index is 588. The number of aromatic nitrogens is 3. The molecule has 0 fully saturated rings. The summed E-state index contributed by atoms with van der Waals surface area (Å²) < 4.78 is 2.63. The average Bonchev–Trinajstić information content (AvgIpc) is 2.57. The number of nitrogens with one attached hydrogen (secondary N) is 1. The predicted molar refractivity (Wildman–Crippen MR) is 69.5 cm³/mol. The summed E-state index contributed by atoms with van der Waals surface area (Å²) in [6.45, 7) is 3.84. The zero-order chi connectivity index (χ0) is 12.6. The second-order valence-electron chi connectivity index (χ2n) is 3.68. The number of aryl methyl sites for hydroxylation is 1. The van der Waals surface area contributed by atoms with Gasteiger partial charge >= 0.3 is 0 Å². The molecule has 0 aromatic carbocycles. The van der Waals surface area contributed by atoms with E-state index in [4.69, 9.17) is 11.1 Å². The Morgan fingerprint density at radius 2 is 2.18 bits per heavy atom. The number of nitrogens with zero attached hydrogens (tertiary/aromatic N) is 3. The minimum Gasteiger partial charge on any atom is -0.384 e. The van der Waals surface area contributed by atoms with E-state index in [-0.39, 0.29) is 5.84 Å². The standard InChI is InChI=1S/C11H12BrN5/c1-6-9(12)7(2)17(16-6)11-8(10(13)14)4-3-5-15-11/h3-5H,1-2H3,(H3,13,14). The molecule has 2 aromatic rings. The number of amidine groups is 1. The van der Waals surface area contributed by atoms with E-state index in [2.05, 4.69) is 26.0 Å². The van der Waals surface area contributed by atoms with Crippen molar-refractivity contribution >= 4 is 21.8 Å². The number of rotatable bonds is 2. The number of nitrogens with two attached hydrogens (primary N) is 1. The average molecular weight is 294 g/mol. The molecule has 0 bridgehead atoms. The van der Waals surface area contributed by atoms with Crippen LogP contribution in [0.15, 0.2) is 22.8 Å². The van der Waals surface area contributed by atoms with Crippen molar-refractivity contribution in [2.75, 3.05) is 0 Å². The molecule has 3 N–H and O–H groups in total. The van der Waals surface area contributed by atoms with Crippen LogP contribution in [0, 0.1) is 19.3 Å². The largest absolute Gasteiger partial charge is 0.384 e. The second-order valence-corrected chi connectivity index (χ2v) is 4.48. The lowest BCUT2D eigenvalue weighted by molar-refractivity contribution is 0.803. The van der Waals surface area contributed by atoms with Crippen LogP contribution in [-0.2, 0) is 0 Å². The first-order valence-electron chi connectivity index (χ1n) is 5.04. The first kappa shape index (κ1) is 11.8. The van der Waals surface area contributed by atoms with Gasteiger partial charge in [-0.25, -0.2) is 9.67 Å². The molecule has 2 aromatic heterocycles. The third-order valence-corrected chi connectivity index (χ3v) is 3.63. The van der Waals surface area contributed by atoms with Crippen LogP contribution in [0.4, 0.5) is 0 Å². The molecule has 0 unspecified atom stereocenters. The van der Waals surface area contributed by atoms with Crippen LogP contribution < -0.4 is 5.73 Å². The Balaban J connectivity index is 2.68. The smallest absolute Gasteiger partial charge is 0.164 e. The van der Waals surface area contributed by atoms with E-state index in [0.717, 1.165) is 15.9 Å². The van der Waals surface area contributed by atoms with Crippen molar-refractivity contribution in [1.82, 2.24) is 14.8 Å². The summed E-state index contributed by atoms with van der Waals surface area (Å²) in [5.41, 5.74) is 7.92. The van der Waals surface area contributed by atoms with E-state index in [9.17, 15) is 0 Å². The zero-order valence-corrected chi connectivity index (χ0v) is 11.1. The molecule has 0 saturated heterocycles. The van der Waals surface area contributed by atoms with Crippen molar-refractivity contribution in [3.05, 3.63) is 39.8 Å². The van der Waals surface area contributed by atoms with Crippen molar-refractivity contribution in [3.63, 3.8) is 0 Å². The molecule has 5 nitrogen and oxygen atoms in total. The summed E-state index contributed by atoms with van der Waals surface area (Å²) >= 11 is 3.46. The van der Waals surface area contributed by atoms with Gasteiger partial charge in [-0.1, -0.05) is 0 Å². The molecular weight excluding hydrogens is 282 g/mol. The quantitative estimate of drug-likeness (QED) is 0.656. The van der Waals surface area contributed by atoms with E-state index >= 15 is 0 Å². The van der Waals surface area contributed by atoms with Crippen LogP contribution in [0.1, 0.15) is 17.0 Å². The molecule has 0 aliphatic rings.